The number of benzene rings is 2. The molecule has 0 saturated heterocycles. The van der Waals surface area contributed by atoms with Gasteiger partial charge in [-0.2, -0.15) is 0 Å². The quantitative estimate of drug-likeness (QED) is 0.593. The van der Waals surface area contributed by atoms with Crippen LogP contribution in [-0.2, 0) is 16.1 Å². The monoisotopic (exact) mass is 476 g/mol. The molecule has 2 aromatic carbocycles. The van der Waals surface area contributed by atoms with Crippen molar-refractivity contribution in [1.29, 1.82) is 0 Å². The summed E-state index contributed by atoms with van der Waals surface area (Å²) >= 11 is 3.53. The topological polar surface area (TPSA) is 67.9 Å². The molecule has 0 spiro atoms. The Morgan fingerprint density at radius 1 is 1.13 bits per heavy atom. The van der Waals surface area contributed by atoms with E-state index in [1.807, 2.05) is 57.2 Å². The number of amides is 2. The van der Waals surface area contributed by atoms with Crippen LogP contribution in [0, 0.1) is 13.8 Å². The number of nitrogens with zero attached hydrogens (tertiary/aromatic N) is 1. The standard InChI is InChI=1S/C23H29BrN2O4/c1-6-20(23(28)25-4)26(13-17-8-7-9-18(12-17)29-5)21(27)14-30-19-10-15(2)22(24)16(3)11-19/h7-12,20H,6,13-14H2,1-5H3,(H,25,28). The molecule has 30 heavy (non-hydrogen) atoms. The highest BCUT2D eigenvalue weighted by atomic mass is 79.9. The number of halogens is 1. The number of rotatable bonds is 9. The van der Waals surface area contributed by atoms with Gasteiger partial charge in [0.1, 0.15) is 17.5 Å². The van der Waals surface area contributed by atoms with Crippen LogP contribution >= 0.6 is 15.9 Å². The van der Waals surface area contributed by atoms with Crippen molar-refractivity contribution in [3.8, 4) is 11.5 Å². The predicted molar refractivity (Wildman–Crippen MR) is 121 cm³/mol. The molecule has 1 unspecified atom stereocenters. The normalized spacial score (nSPS) is 11.5. The van der Waals surface area contributed by atoms with Gasteiger partial charge in [-0.1, -0.05) is 35.0 Å². The lowest BCUT2D eigenvalue weighted by molar-refractivity contribution is -0.142. The molecule has 0 aliphatic carbocycles. The number of aryl methyl sites for hydroxylation is 2. The Morgan fingerprint density at radius 3 is 2.37 bits per heavy atom. The number of carbonyl (C=O) groups is 2. The summed E-state index contributed by atoms with van der Waals surface area (Å²) in [5.74, 6) is 0.858. The van der Waals surface area contributed by atoms with Gasteiger partial charge in [-0.3, -0.25) is 9.59 Å². The van der Waals surface area contributed by atoms with Gasteiger partial charge in [0.15, 0.2) is 6.61 Å². The second-order valence-electron chi connectivity index (χ2n) is 7.07. The number of methoxy groups -OCH3 is 1. The number of hydrogen-bond acceptors (Lipinski definition) is 4. The smallest absolute Gasteiger partial charge is 0.261 e. The van der Waals surface area contributed by atoms with E-state index in [0.717, 1.165) is 21.2 Å². The summed E-state index contributed by atoms with van der Waals surface area (Å²) < 4.78 is 12.1. The molecule has 0 aliphatic heterocycles. The van der Waals surface area contributed by atoms with Gasteiger partial charge in [-0.05, 0) is 61.2 Å². The molecule has 0 saturated carbocycles. The van der Waals surface area contributed by atoms with E-state index in [4.69, 9.17) is 9.47 Å². The highest BCUT2D eigenvalue weighted by Gasteiger charge is 2.28. The zero-order chi connectivity index (χ0) is 22.3. The molecule has 1 atom stereocenters. The molecule has 6 nitrogen and oxygen atoms in total. The van der Waals surface area contributed by atoms with Crippen molar-refractivity contribution in [3.63, 3.8) is 0 Å². The van der Waals surface area contributed by atoms with Crippen LogP contribution < -0.4 is 14.8 Å². The minimum absolute atomic E-state index is 0.155. The van der Waals surface area contributed by atoms with Gasteiger partial charge >= 0.3 is 0 Å². The summed E-state index contributed by atoms with van der Waals surface area (Å²) in [6, 6.07) is 10.6. The van der Waals surface area contributed by atoms with Gasteiger partial charge in [0.25, 0.3) is 5.91 Å². The fraction of sp³-hybridized carbons (Fsp3) is 0.391. The zero-order valence-corrected chi connectivity index (χ0v) is 19.7. The van der Waals surface area contributed by atoms with Crippen LogP contribution in [0.15, 0.2) is 40.9 Å². The Labute approximate surface area is 186 Å². The van der Waals surface area contributed by atoms with Gasteiger partial charge in [-0.15, -0.1) is 0 Å². The maximum Gasteiger partial charge on any atom is 0.261 e. The maximum atomic E-state index is 13.1. The van der Waals surface area contributed by atoms with Crippen LogP contribution in [0.4, 0.5) is 0 Å². The number of hydrogen-bond donors (Lipinski definition) is 1. The van der Waals surface area contributed by atoms with Crippen molar-refractivity contribution in [2.45, 2.75) is 39.8 Å². The summed E-state index contributed by atoms with van der Waals surface area (Å²) in [4.78, 5) is 27.1. The molecule has 0 bridgehead atoms. The first kappa shape index (κ1) is 23.7. The summed E-state index contributed by atoms with van der Waals surface area (Å²) in [5.41, 5.74) is 2.94. The number of likely N-dealkylation sites (N-methyl/N-ethyl adjacent to an activating group) is 1. The minimum Gasteiger partial charge on any atom is -0.497 e. The first-order chi connectivity index (χ1) is 14.3. The molecule has 0 fully saturated rings. The molecule has 1 N–H and O–H groups in total. The first-order valence-electron chi connectivity index (χ1n) is 9.84. The van der Waals surface area contributed by atoms with Gasteiger partial charge in [0.05, 0.1) is 7.11 Å². The lowest BCUT2D eigenvalue weighted by Crippen LogP contribution is -2.49. The third kappa shape index (κ3) is 5.98. The summed E-state index contributed by atoms with van der Waals surface area (Å²) in [7, 11) is 3.17. The molecule has 0 heterocycles. The zero-order valence-electron chi connectivity index (χ0n) is 18.1. The summed E-state index contributed by atoms with van der Waals surface area (Å²) in [6.07, 6.45) is 0.492. The second kappa shape index (κ2) is 11.0. The van der Waals surface area contributed by atoms with Crippen LogP contribution in [-0.4, -0.2) is 43.5 Å². The van der Waals surface area contributed by atoms with Gasteiger partial charge in [-0.25, -0.2) is 0 Å². The van der Waals surface area contributed by atoms with E-state index in [1.165, 1.54) is 0 Å². The Balaban J connectivity index is 2.23. The Morgan fingerprint density at radius 2 is 1.80 bits per heavy atom. The fourth-order valence-corrected chi connectivity index (χ4v) is 3.50. The average molecular weight is 477 g/mol. The SMILES string of the molecule is CCC(C(=O)NC)N(Cc1cccc(OC)c1)C(=O)COc1cc(C)c(Br)c(C)c1. The van der Waals surface area contributed by atoms with E-state index < -0.39 is 6.04 Å². The van der Waals surface area contributed by atoms with E-state index in [1.54, 1.807) is 19.1 Å². The molecule has 2 aromatic rings. The second-order valence-corrected chi connectivity index (χ2v) is 7.86. The van der Waals surface area contributed by atoms with E-state index in [2.05, 4.69) is 21.2 Å². The summed E-state index contributed by atoms with van der Waals surface area (Å²) in [5, 5.41) is 2.65. The molecule has 162 valence electrons. The Bertz CT molecular complexity index is 878. The lowest BCUT2D eigenvalue weighted by Gasteiger charge is -2.30. The highest BCUT2D eigenvalue weighted by Crippen LogP contribution is 2.26. The van der Waals surface area contributed by atoms with E-state index in [-0.39, 0.29) is 25.0 Å². The molecular weight excluding hydrogens is 448 g/mol. The number of carbonyl (C=O) groups excluding carboxylic acids is 2. The molecular formula is C23H29BrN2O4. The van der Waals surface area contributed by atoms with Crippen molar-refractivity contribution >= 4 is 27.7 Å². The molecule has 2 rings (SSSR count). The fourth-order valence-electron chi connectivity index (χ4n) is 3.27. The van der Waals surface area contributed by atoms with Crippen LogP contribution in [0.3, 0.4) is 0 Å². The van der Waals surface area contributed by atoms with Crippen LogP contribution in [0.5, 0.6) is 11.5 Å². The van der Waals surface area contributed by atoms with Gasteiger partial charge in [0.2, 0.25) is 5.91 Å². The Hall–Kier alpha value is -2.54. The molecule has 0 aliphatic rings. The van der Waals surface area contributed by atoms with Crippen LogP contribution in [0.1, 0.15) is 30.0 Å². The van der Waals surface area contributed by atoms with Crippen molar-refractivity contribution in [2.24, 2.45) is 0 Å². The van der Waals surface area contributed by atoms with E-state index >= 15 is 0 Å². The van der Waals surface area contributed by atoms with Crippen molar-refractivity contribution < 1.29 is 19.1 Å². The third-order valence-corrected chi connectivity index (χ3v) is 6.14. The predicted octanol–water partition coefficient (Wildman–Crippen LogP) is 4.01. The van der Waals surface area contributed by atoms with Crippen LogP contribution in [0.2, 0.25) is 0 Å². The van der Waals surface area contributed by atoms with Crippen molar-refractivity contribution in [1.82, 2.24) is 10.2 Å². The van der Waals surface area contributed by atoms with E-state index in [9.17, 15) is 9.59 Å². The average Bonchev–Trinajstić information content (AvgIpc) is 2.75. The summed E-state index contributed by atoms with van der Waals surface area (Å²) in [6.45, 7) is 5.95. The lowest BCUT2D eigenvalue weighted by atomic mass is 10.1. The minimum atomic E-state index is -0.592. The first-order valence-corrected chi connectivity index (χ1v) is 10.6. The largest absolute Gasteiger partial charge is 0.497 e. The van der Waals surface area contributed by atoms with Gasteiger partial charge in [0, 0.05) is 18.1 Å². The molecule has 0 aromatic heterocycles. The molecule has 2 amide bonds. The van der Waals surface area contributed by atoms with Crippen LogP contribution in [0.25, 0.3) is 0 Å². The Kier molecular flexibility index (Phi) is 8.72. The maximum absolute atomic E-state index is 13.1. The molecule has 7 heteroatoms. The van der Waals surface area contributed by atoms with Crippen molar-refractivity contribution in [3.05, 3.63) is 57.6 Å². The number of ether oxygens (including phenoxy) is 2. The number of nitrogens with one attached hydrogen (secondary N) is 1. The van der Waals surface area contributed by atoms with Crippen molar-refractivity contribution in [2.75, 3.05) is 20.8 Å². The third-order valence-electron chi connectivity index (χ3n) is 4.89. The van der Waals surface area contributed by atoms with Gasteiger partial charge < -0.3 is 19.7 Å². The molecule has 0 radical (unpaired) electrons. The van der Waals surface area contributed by atoms with E-state index in [0.29, 0.717) is 17.9 Å². The highest BCUT2D eigenvalue weighted by molar-refractivity contribution is 9.10.